The van der Waals surface area contributed by atoms with Crippen molar-refractivity contribution in [2.24, 2.45) is 0 Å². The minimum absolute atomic E-state index is 0.0352. The number of anilines is 1. The monoisotopic (exact) mass is 467 g/mol. The van der Waals surface area contributed by atoms with Crippen LogP contribution in [0.2, 0.25) is 0 Å². The van der Waals surface area contributed by atoms with E-state index in [1.54, 1.807) is 0 Å². The zero-order valence-corrected chi connectivity index (χ0v) is 21.3. The molecule has 1 aliphatic heterocycles. The van der Waals surface area contributed by atoms with Crippen LogP contribution in [0.1, 0.15) is 52.9 Å². The van der Waals surface area contributed by atoms with Gasteiger partial charge < -0.3 is 14.2 Å². The van der Waals surface area contributed by atoms with Crippen molar-refractivity contribution in [3.63, 3.8) is 0 Å². The molecule has 35 heavy (non-hydrogen) atoms. The summed E-state index contributed by atoms with van der Waals surface area (Å²) in [4.78, 5) is 20.1. The summed E-state index contributed by atoms with van der Waals surface area (Å²) in [5, 5.41) is 0. The van der Waals surface area contributed by atoms with Gasteiger partial charge in [0.25, 0.3) is 0 Å². The molecule has 1 saturated heterocycles. The number of para-hydroxylation sites is 2. The van der Waals surface area contributed by atoms with Crippen LogP contribution in [0.5, 0.6) is 5.75 Å². The van der Waals surface area contributed by atoms with Gasteiger partial charge in [-0.25, -0.2) is 4.98 Å². The predicted molar refractivity (Wildman–Crippen MR) is 142 cm³/mol. The lowest BCUT2D eigenvalue weighted by atomic mass is 9.94. The molecule has 1 atom stereocenters. The summed E-state index contributed by atoms with van der Waals surface area (Å²) in [5.41, 5.74) is 9.63. The fourth-order valence-corrected chi connectivity index (χ4v) is 5.28. The van der Waals surface area contributed by atoms with E-state index in [9.17, 15) is 4.79 Å². The Kier molecular flexibility index (Phi) is 6.10. The molecule has 0 saturated carbocycles. The van der Waals surface area contributed by atoms with Crippen molar-refractivity contribution in [2.45, 2.75) is 53.5 Å². The molecule has 0 bridgehead atoms. The topological polar surface area (TPSA) is 47.4 Å². The predicted octanol–water partition coefficient (Wildman–Crippen LogP) is 6.24. The van der Waals surface area contributed by atoms with Crippen molar-refractivity contribution >= 4 is 22.6 Å². The van der Waals surface area contributed by atoms with Crippen LogP contribution in [0, 0.1) is 27.7 Å². The second-order valence-corrected chi connectivity index (χ2v) is 9.62. The molecule has 4 aromatic rings. The van der Waals surface area contributed by atoms with E-state index in [1.165, 1.54) is 27.8 Å². The van der Waals surface area contributed by atoms with Crippen molar-refractivity contribution in [3.8, 4) is 5.75 Å². The molecule has 0 aliphatic carbocycles. The maximum absolute atomic E-state index is 13.1. The molecule has 1 amide bonds. The van der Waals surface area contributed by atoms with Crippen LogP contribution < -0.4 is 9.64 Å². The number of imidazole rings is 1. The third kappa shape index (κ3) is 4.20. The Morgan fingerprint density at radius 1 is 0.971 bits per heavy atom. The van der Waals surface area contributed by atoms with Crippen LogP contribution in [0.4, 0.5) is 5.69 Å². The second-order valence-electron chi connectivity index (χ2n) is 9.62. The third-order valence-electron chi connectivity index (χ3n) is 7.47. The van der Waals surface area contributed by atoms with Gasteiger partial charge in [-0.3, -0.25) is 4.79 Å². The molecular formula is C30H33N3O2. The zero-order chi connectivity index (χ0) is 24.7. The van der Waals surface area contributed by atoms with Gasteiger partial charge >= 0.3 is 0 Å². The third-order valence-corrected chi connectivity index (χ3v) is 7.47. The maximum Gasteiger partial charge on any atom is 0.227 e. The first-order valence-electron chi connectivity index (χ1n) is 12.4. The Balaban J connectivity index is 1.52. The number of carbonyl (C=O) groups excluding carboxylic acids is 1. The largest absolute Gasteiger partial charge is 0.494 e. The van der Waals surface area contributed by atoms with Gasteiger partial charge in [0.1, 0.15) is 11.6 Å². The molecule has 0 spiro atoms. The van der Waals surface area contributed by atoms with Gasteiger partial charge in [-0.2, -0.15) is 0 Å². The first kappa shape index (κ1) is 23.2. The minimum atomic E-state index is 0.0352. The first-order valence-corrected chi connectivity index (χ1v) is 12.4. The molecule has 5 rings (SSSR count). The van der Waals surface area contributed by atoms with Gasteiger partial charge in [0.15, 0.2) is 0 Å². The van der Waals surface area contributed by atoms with E-state index in [4.69, 9.17) is 9.72 Å². The number of amides is 1. The lowest BCUT2D eigenvalue weighted by Gasteiger charge is -2.20. The molecule has 3 aromatic carbocycles. The number of ether oxygens (including phenoxy) is 1. The average Bonchev–Trinajstić information content (AvgIpc) is 3.41. The van der Waals surface area contributed by atoms with Crippen LogP contribution in [-0.2, 0) is 11.3 Å². The number of aryl methyl sites for hydroxylation is 2. The summed E-state index contributed by atoms with van der Waals surface area (Å²) >= 11 is 0. The standard InChI is InChI=1S/C30H33N3O2/c1-6-35-25-13-11-24(12-14-25)32-17-23(16-29(32)34)30-31-27-9-7-8-10-28(27)33(30)18-26-21(4)19(2)15-20(3)22(26)5/h7-15,23H,6,16-18H2,1-5H3. The molecule has 0 N–H and O–H groups in total. The van der Waals surface area contributed by atoms with Crippen molar-refractivity contribution in [3.05, 3.63) is 88.2 Å². The van der Waals surface area contributed by atoms with E-state index in [1.807, 2.05) is 42.2 Å². The number of benzene rings is 3. The van der Waals surface area contributed by atoms with Gasteiger partial charge in [-0.1, -0.05) is 18.2 Å². The van der Waals surface area contributed by atoms with E-state index in [0.29, 0.717) is 19.6 Å². The summed E-state index contributed by atoms with van der Waals surface area (Å²) in [6.07, 6.45) is 0.460. The van der Waals surface area contributed by atoms with E-state index in [0.717, 1.165) is 34.8 Å². The molecule has 1 aliphatic rings. The Bertz CT molecular complexity index is 1380. The van der Waals surface area contributed by atoms with Gasteiger partial charge in [0, 0.05) is 31.1 Å². The number of aromatic nitrogens is 2. The van der Waals surface area contributed by atoms with Crippen LogP contribution >= 0.6 is 0 Å². The van der Waals surface area contributed by atoms with E-state index in [-0.39, 0.29) is 11.8 Å². The SMILES string of the molecule is CCOc1ccc(N2CC(c3nc4ccccc4n3Cc3c(C)c(C)cc(C)c3C)CC2=O)cc1. The van der Waals surface area contributed by atoms with Crippen LogP contribution in [0.15, 0.2) is 54.6 Å². The van der Waals surface area contributed by atoms with E-state index >= 15 is 0 Å². The fraction of sp³-hybridized carbons (Fsp3) is 0.333. The number of hydrogen-bond acceptors (Lipinski definition) is 3. The maximum atomic E-state index is 13.1. The molecule has 1 fully saturated rings. The molecular weight excluding hydrogens is 434 g/mol. The molecule has 180 valence electrons. The molecule has 2 heterocycles. The average molecular weight is 468 g/mol. The molecule has 5 nitrogen and oxygen atoms in total. The van der Waals surface area contributed by atoms with Crippen LogP contribution in [0.3, 0.4) is 0 Å². The van der Waals surface area contributed by atoms with Crippen LogP contribution in [-0.4, -0.2) is 28.6 Å². The molecule has 1 unspecified atom stereocenters. The number of rotatable bonds is 6. The van der Waals surface area contributed by atoms with Crippen LogP contribution in [0.25, 0.3) is 11.0 Å². The van der Waals surface area contributed by atoms with E-state index < -0.39 is 0 Å². The van der Waals surface area contributed by atoms with Crippen molar-refractivity contribution in [1.82, 2.24) is 9.55 Å². The molecule has 5 heteroatoms. The zero-order valence-electron chi connectivity index (χ0n) is 21.3. The summed E-state index contributed by atoms with van der Waals surface area (Å²) in [5.74, 6) is 1.98. The smallest absolute Gasteiger partial charge is 0.227 e. The molecule has 1 aromatic heterocycles. The van der Waals surface area contributed by atoms with Crippen molar-refractivity contribution in [1.29, 1.82) is 0 Å². The summed E-state index contributed by atoms with van der Waals surface area (Å²) in [6, 6.07) is 18.4. The fourth-order valence-electron chi connectivity index (χ4n) is 5.28. The summed E-state index contributed by atoms with van der Waals surface area (Å²) in [6.45, 7) is 12.8. The second kappa shape index (κ2) is 9.21. The van der Waals surface area contributed by atoms with E-state index in [2.05, 4.69) is 56.5 Å². The quantitative estimate of drug-likeness (QED) is 0.337. The Morgan fingerprint density at radius 2 is 1.66 bits per heavy atom. The highest BCUT2D eigenvalue weighted by molar-refractivity contribution is 5.96. The Hall–Kier alpha value is -3.60. The number of carbonyl (C=O) groups is 1. The number of fused-ring (bicyclic) bond motifs is 1. The van der Waals surface area contributed by atoms with Crippen molar-refractivity contribution < 1.29 is 9.53 Å². The summed E-state index contributed by atoms with van der Waals surface area (Å²) < 4.78 is 7.90. The Labute approximate surface area is 207 Å². The summed E-state index contributed by atoms with van der Waals surface area (Å²) in [7, 11) is 0. The lowest BCUT2D eigenvalue weighted by Crippen LogP contribution is -2.24. The first-order chi connectivity index (χ1) is 16.9. The normalized spacial score (nSPS) is 15.9. The van der Waals surface area contributed by atoms with Gasteiger partial charge in [0.05, 0.1) is 17.6 Å². The molecule has 0 radical (unpaired) electrons. The number of nitrogens with zero attached hydrogens (tertiary/aromatic N) is 3. The van der Waals surface area contributed by atoms with Crippen molar-refractivity contribution in [2.75, 3.05) is 18.1 Å². The highest BCUT2D eigenvalue weighted by Gasteiger charge is 2.35. The lowest BCUT2D eigenvalue weighted by molar-refractivity contribution is -0.117. The van der Waals surface area contributed by atoms with Gasteiger partial charge in [0.2, 0.25) is 5.91 Å². The number of hydrogen-bond donors (Lipinski definition) is 0. The Morgan fingerprint density at radius 3 is 2.34 bits per heavy atom. The minimum Gasteiger partial charge on any atom is -0.494 e. The highest BCUT2D eigenvalue weighted by Crippen LogP contribution is 2.35. The van der Waals surface area contributed by atoms with Gasteiger partial charge in [-0.05, 0) is 98.8 Å². The van der Waals surface area contributed by atoms with Gasteiger partial charge in [-0.15, -0.1) is 0 Å². The highest BCUT2D eigenvalue weighted by atomic mass is 16.5.